The van der Waals surface area contributed by atoms with Gasteiger partial charge in [0, 0.05) is 34.9 Å². The Morgan fingerprint density at radius 2 is 2.24 bits per heavy atom. The molecule has 17 heavy (non-hydrogen) atoms. The SMILES string of the molecule is Cn1cc2c(n1)c(=O)[nH]c1cc(CBr)ccc12. The van der Waals surface area contributed by atoms with Gasteiger partial charge in [-0.25, -0.2) is 0 Å². The maximum Gasteiger partial charge on any atom is 0.276 e. The number of nitrogens with one attached hydrogen (secondary N) is 1. The molecule has 0 aliphatic rings. The first-order valence-electron chi connectivity index (χ1n) is 5.23. The van der Waals surface area contributed by atoms with Gasteiger partial charge in [-0.2, -0.15) is 5.10 Å². The lowest BCUT2D eigenvalue weighted by molar-refractivity contribution is 0.778. The van der Waals surface area contributed by atoms with Gasteiger partial charge in [0.2, 0.25) is 0 Å². The summed E-state index contributed by atoms with van der Waals surface area (Å²) in [6.45, 7) is 0. The molecular weight excluding hydrogens is 282 g/mol. The minimum Gasteiger partial charge on any atom is -0.320 e. The lowest BCUT2D eigenvalue weighted by Crippen LogP contribution is -2.06. The summed E-state index contributed by atoms with van der Waals surface area (Å²) < 4.78 is 1.66. The zero-order chi connectivity index (χ0) is 12.0. The molecule has 0 saturated heterocycles. The van der Waals surface area contributed by atoms with Crippen LogP contribution in [0.3, 0.4) is 0 Å². The van der Waals surface area contributed by atoms with Crippen LogP contribution in [0, 0.1) is 0 Å². The molecular formula is C12H10BrN3O. The van der Waals surface area contributed by atoms with Gasteiger partial charge in [0.1, 0.15) is 0 Å². The Labute approximate surface area is 105 Å². The molecule has 0 aliphatic heterocycles. The number of aromatic nitrogens is 3. The number of hydrogen-bond acceptors (Lipinski definition) is 2. The van der Waals surface area contributed by atoms with E-state index in [9.17, 15) is 4.79 Å². The first-order chi connectivity index (χ1) is 8.19. The summed E-state index contributed by atoms with van der Waals surface area (Å²) >= 11 is 3.41. The van der Waals surface area contributed by atoms with Crippen molar-refractivity contribution in [3.05, 3.63) is 40.3 Å². The van der Waals surface area contributed by atoms with Crippen LogP contribution in [-0.2, 0) is 12.4 Å². The fourth-order valence-electron chi connectivity index (χ4n) is 2.05. The first kappa shape index (κ1) is 10.5. The van der Waals surface area contributed by atoms with Crippen molar-refractivity contribution in [1.82, 2.24) is 14.8 Å². The average molecular weight is 292 g/mol. The molecule has 0 bridgehead atoms. The van der Waals surface area contributed by atoms with Gasteiger partial charge in [0.15, 0.2) is 5.52 Å². The number of benzene rings is 1. The number of aromatic amines is 1. The molecule has 2 aromatic heterocycles. The molecule has 0 radical (unpaired) electrons. The number of rotatable bonds is 1. The highest BCUT2D eigenvalue weighted by Gasteiger charge is 2.08. The number of aryl methyl sites for hydroxylation is 1. The Morgan fingerprint density at radius 1 is 1.41 bits per heavy atom. The number of H-pyrrole nitrogens is 1. The van der Waals surface area contributed by atoms with Gasteiger partial charge in [-0.15, -0.1) is 0 Å². The highest BCUT2D eigenvalue weighted by molar-refractivity contribution is 9.08. The molecule has 0 aliphatic carbocycles. The van der Waals surface area contributed by atoms with Gasteiger partial charge in [0.25, 0.3) is 5.56 Å². The zero-order valence-corrected chi connectivity index (χ0v) is 10.8. The van der Waals surface area contributed by atoms with Crippen LogP contribution < -0.4 is 5.56 Å². The largest absolute Gasteiger partial charge is 0.320 e. The molecule has 0 spiro atoms. The van der Waals surface area contributed by atoms with E-state index in [1.165, 1.54) is 0 Å². The minimum absolute atomic E-state index is 0.139. The van der Waals surface area contributed by atoms with Crippen molar-refractivity contribution in [2.45, 2.75) is 5.33 Å². The fraction of sp³-hybridized carbons (Fsp3) is 0.167. The predicted molar refractivity (Wildman–Crippen MR) is 71.5 cm³/mol. The number of pyridine rings is 1. The van der Waals surface area contributed by atoms with E-state index in [1.54, 1.807) is 4.68 Å². The number of nitrogens with zero attached hydrogens (tertiary/aromatic N) is 2. The van der Waals surface area contributed by atoms with Crippen LogP contribution in [0.15, 0.2) is 29.2 Å². The van der Waals surface area contributed by atoms with Gasteiger partial charge in [-0.05, 0) is 11.6 Å². The highest BCUT2D eigenvalue weighted by atomic mass is 79.9. The van der Waals surface area contributed by atoms with Crippen LogP contribution in [0.2, 0.25) is 0 Å². The monoisotopic (exact) mass is 291 g/mol. The van der Waals surface area contributed by atoms with Crippen molar-refractivity contribution >= 4 is 37.7 Å². The van der Waals surface area contributed by atoms with Crippen molar-refractivity contribution in [1.29, 1.82) is 0 Å². The Kier molecular flexibility index (Phi) is 2.29. The van der Waals surface area contributed by atoms with E-state index in [0.717, 1.165) is 27.2 Å². The van der Waals surface area contributed by atoms with E-state index >= 15 is 0 Å². The number of fused-ring (bicyclic) bond motifs is 3. The van der Waals surface area contributed by atoms with Crippen LogP contribution in [0.25, 0.3) is 21.8 Å². The normalized spacial score (nSPS) is 11.4. The van der Waals surface area contributed by atoms with E-state index in [1.807, 2.05) is 31.4 Å². The molecule has 0 saturated carbocycles. The van der Waals surface area contributed by atoms with Crippen LogP contribution >= 0.6 is 15.9 Å². The molecule has 0 amide bonds. The summed E-state index contributed by atoms with van der Waals surface area (Å²) in [5, 5.41) is 6.86. The molecule has 86 valence electrons. The fourth-order valence-corrected chi connectivity index (χ4v) is 2.40. The highest BCUT2D eigenvalue weighted by Crippen LogP contribution is 2.21. The summed E-state index contributed by atoms with van der Waals surface area (Å²) in [5.74, 6) is 0. The topological polar surface area (TPSA) is 50.7 Å². The summed E-state index contributed by atoms with van der Waals surface area (Å²) in [7, 11) is 1.82. The van der Waals surface area contributed by atoms with Crippen molar-refractivity contribution < 1.29 is 0 Å². The Bertz CT molecular complexity index is 772. The second-order valence-electron chi connectivity index (χ2n) is 4.03. The molecule has 3 aromatic rings. The quantitative estimate of drug-likeness (QED) is 0.700. The molecule has 2 heterocycles. The summed E-state index contributed by atoms with van der Waals surface area (Å²) in [6, 6.07) is 6.05. The van der Waals surface area contributed by atoms with Crippen molar-refractivity contribution in [2.24, 2.45) is 7.05 Å². The number of hydrogen-bond donors (Lipinski definition) is 1. The smallest absolute Gasteiger partial charge is 0.276 e. The van der Waals surface area contributed by atoms with Crippen LogP contribution in [0.4, 0.5) is 0 Å². The summed E-state index contributed by atoms with van der Waals surface area (Å²) in [6.07, 6.45) is 1.88. The molecule has 3 rings (SSSR count). The van der Waals surface area contributed by atoms with Crippen molar-refractivity contribution in [3.63, 3.8) is 0 Å². The van der Waals surface area contributed by atoms with Gasteiger partial charge >= 0.3 is 0 Å². The Balaban J connectivity index is 2.52. The second kappa shape index (κ2) is 3.70. The second-order valence-corrected chi connectivity index (χ2v) is 4.59. The summed E-state index contributed by atoms with van der Waals surface area (Å²) in [5.41, 5.74) is 2.34. The molecule has 4 nitrogen and oxygen atoms in total. The first-order valence-corrected chi connectivity index (χ1v) is 6.35. The number of halogens is 1. The average Bonchev–Trinajstić information content (AvgIpc) is 2.71. The standard InChI is InChI=1S/C12H10BrN3O/c1-16-6-9-8-3-2-7(5-13)4-10(8)14-12(17)11(9)15-16/h2-4,6H,5H2,1H3,(H,14,17). The number of alkyl halides is 1. The van der Waals surface area contributed by atoms with Crippen LogP contribution in [0.5, 0.6) is 0 Å². The lowest BCUT2D eigenvalue weighted by Gasteiger charge is -2.01. The minimum atomic E-state index is -0.139. The third kappa shape index (κ3) is 1.58. The lowest BCUT2D eigenvalue weighted by atomic mass is 10.1. The Hall–Kier alpha value is -1.62. The van der Waals surface area contributed by atoms with Crippen molar-refractivity contribution in [3.8, 4) is 0 Å². The molecule has 0 unspecified atom stereocenters. The molecule has 1 N–H and O–H groups in total. The van der Waals surface area contributed by atoms with Gasteiger partial charge in [0.05, 0.1) is 0 Å². The molecule has 5 heteroatoms. The maximum atomic E-state index is 11.9. The Morgan fingerprint density at radius 3 is 3.00 bits per heavy atom. The molecule has 0 fully saturated rings. The van der Waals surface area contributed by atoms with E-state index in [-0.39, 0.29) is 5.56 Å². The summed E-state index contributed by atoms with van der Waals surface area (Å²) in [4.78, 5) is 14.7. The van der Waals surface area contributed by atoms with Gasteiger partial charge in [-0.1, -0.05) is 28.1 Å². The molecule has 0 atom stereocenters. The van der Waals surface area contributed by atoms with E-state index < -0.39 is 0 Å². The van der Waals surface area contributed by atoms with E-state index in [0.29, 0.717) is 5.52 Å². The van der Waals surface area contributed by atoms with Crippen LogP contribution in [0.1, 0.15) is 5.56 Å². The van der Waals surface area contributed by atoms with Gasteiger partial charge in [-0.3, -0.25) is 9.48 Å². The predicted octanol–water partition coefficient (Wildman–Crippen LogP) is 2.31. The van der Waals surface area contributed by atoms with E-state index in [2.05, 4.69) is 26.0 Å². The van der Waals surface area contributed by atoms with Crippen molar-refractivity contribution in [2.75, 3.05) is 0 Å². The third-order valence-electron chi connectivity index (χ3n) is 2.82. The maximum absolute atomic E-state index is 11.9. The van der Waals surface area contributed by atoms with E-state index in [4.69, 9.17) is 0 Å². The van der Waals surface area contributed by atoms with Gasteiger partial charge < -0.3 is 4.98 Å². The molecule has 1 aromatic carbocycles. The third-order valence-corrected chi connectivity index (χ3v) is 3.47. The van der Waals surface area contributed by atoms with Crippen LogP contribution in [-0.4, -0.2) is 14.8 Å². The zero-order valence-electron chi connectivity index (χ0n) is 9.20.